The second kappa shape index (κ2) is 8.67. The number of esters is 1. The first kappa shape index (κ1) is 17.5. The molecule has 1 saturated carbocycles. The maximum Gasteiger partial charge on any atom is 0.325 e. The average molecular weight is 383 g/mol. The van der Waals surface area contributed by atoms with Crippen molar-refractivity contribution in [1.82, 2.24) is 10.6 Å². The minimum Gasteiger partial charge on any atom is -0.454 e. The number of hydrogen-bond acceptors (Lipinski definition) is 4. The van der Waals surface area contributed by atoms with Gasteiger partial charge in [0, 0.05) is 10.5 Å². The lowest BCUT2D eigenvalue weighted by molar-refractivity contribution is -0.147. The van der Waals surface area contributed by atoms with Crippen molar-refractivity contribution in [1.29, 1.82) is 0 Å². The second-order valence-electron chi connectivity index (χ2n) is 5.37. The lowest BCUT2D eigenvalue weighted by Crippen LogP contribution is -2.37. The molecule has 0 radical (unpaired) electrons. The van der Waals surface area contributed by atoms with Crippen molar-refractivity contribution in [2.45, 2.75) is 31.7 Å². The quantitative estimate of drug-likeness (QED) is 0.734. The minimum absolute atomic E-state index is 0.191. The van der Waals surface area contributed by atoms with E-state index in [0.29, 0.717) is 10.0 Å². The van der Waals surface area contributed by atoms with Gasteiger partial charge in [0.15, 0.2) is 6.61 Å². The summed E-state index contributed by atoms with van der Waals surface area (Å²) in [6.45, 7) is -0.600. The van der Waals surface area contributed by atoms with E-state index in [1.165, 1.54) is 0 Å². The summed E-state index contributed by atoms with van der Waals surface area (Å²) in [5.41, 5.74) is 0.430. The third-order valence-electron chi connectivity index (χ3n) is 3.60. The molecule has 2 amide bonds. The van der Waals surface area contributed by atoms with Crippen LogP contribution in [0.3, 0.4) is 0 Å². The zero-order chi connectivity index (χ0) is 16.7. The van der Waals surface area contributed by atoms with Crippen molar-refractivity contribution < 1.29 is 19.1 Å². The van der Waals surface area contributed by atoms with Crippen molar-refractivity contribution in [3.05, 3.63) is 34.3 Å². The Morgan fingerprint density at radius 2 is 1.87 bits per heavy atom. The van der Waals surface area contributed by atoms with Crippen LogP contribution in [0.4, 0.5) is 0 Å². The lowest BCUT2D eigenvalue weighted by Gasteiger charge is -2.12. The highest BCUT2D eigenvalue weighted by molar-refractivity contribution is 9.10. The van der Waals surface area contributed by atoms with E-state index in [0.717, 1.165) is 25.7 Å². The van der Waals surface area contributed by atoms with E-state index in [-0.39, 0.29) is 31.0 Å². The molecule has 0 unspecified atom stereocenters. The Hall–Kier alpha value is -1.89. The number of ether oxygens (including phenoxy) is 1. The topological polar surface area (TPSA) is 84.5 Å². The summed E-state index contributed by atoms with van der Waals surface area (Å²) in [5.74, 6) is -1.33. The Bertz CT molecular complexity index is 585. The third-order valence-corrected chi connectivity index (χ3v) is 4.29. The van der Waals surface area contributed by atoms with Crippen LogP contribution in [0, 0.1) is 0 Å². The van der Waals surface area contributed by atoms with E-state index in [4.69, 9.17) is 4.74 Å². The number of amides is 2. The fraction of sp³-hybridized carbons (Fsp3) is 0.438. The monoisotopic (exact) mass is 382 g/mol. The van der Waals surface area contributed by atoms with Crippen molar-refractivity contribution in [3.8, 4) is 0 Å². The van der Waals surface area contributed by atoms with Gasteiger partial charge in [0.1, 0.15) is 6.54 Å². The fourth-order valence-electron chi connectivity index (χ4n) is 2.43. The number of hydrogen-bond donors (Lipinski definition) is 2. The molecule has 2 N–H and O–H groups in total. The number of carbonyl (C=O) groups excluding carboxylic acids is 3. The van der Waals surface area contributed by atoms with Crippen molar-refractivity contribution in [3.63, 3.8) is 0 Å². The Kier molecular flexibility index (Phi) is 6.58. The third kappa shape index (κ3) is 5.67. The van der Waals surface area contributed by atoms with Crippen molar-refractivity contribution in [2.24, 2.45) is 0 Å². The van der Waals surface area contributed by atoms with Crippen LogP contribution in [-0.2, 0) is 14.3 Å². The van der Waals surface area contributed by atoms with Gasteiger partial charge in [0.2, 0.25) is 0 Å². The minimum atomic E-state index is -0.646. The highest BCUT2D eigenvalue weighted by Gasteiger charge is 2.18. The molecule has 124 valence electrons. The van der Waals surface area contributed by atoms with Gasteiger partial charge >= 0.3 is 5.97 Å². The molecule has 1 aliphatic rings. The zero-order valence-corrected chi connectivity index (χ0v) is 14.2. The molecule has 1 fully saturated rings. The van der Waals surface area contributed by atoms with Crippen molar-refractivity contribution in [2.75, 3.05) is 13.2 Å². The highest BCUT2D eigenvalue weighted by atomic mass is 79.9. The number of carbonyl (C=O) groups is 3. The van der Waals surface area contributed by atoms with Crippen molar-refractivity contribution >= 4 is 33.7 Å². The smallest absolute Gasteiger partial charge is 0.325 e. The summed E-state index contributed by atoms with van der Waals surface area (Å²) < 4.78 is 5.49. The molecule has 0 bridgehead atoms. The van der Waals surface area contributed by atoms with Crippen LogP contribution >= 0.6 is 15.9 Å². The van der Waals surface area contributed by atoms with E-state index in [1.54, 1.807) is 24.3 Å². The fourth-order valence-corrected chi connectivity index (χ4v) is 2.89. The Labute approximate surface area is 143 Å². The largest absolute Gasteiger partial charge is 0.454 e. The van der Waals surface area contributed by atoms with Crippen LogP contribution in [0.25, 0.3) is 0 Å². The van der Waals surface area contributed by atoms with Crippen LogP contribution in [-0.4, -0.2) is 37.0 Å². The van der Waals surface area contributed by atoms with Gasteiger partial charge in [-0.25, -0.2) is 0 Å². The average Bonchev–Trinajstić information content (AvgIpc) is 3.04. The molecule has 0 saturated heterocycles. The zero-order valence-electron chi connectivity index (χ0n) is 12.6. The molecule has 7 heteroatoms. The maximum absolute atomic E-state index is 11.9. The molecular formula is C16H19BrN2O4. The molecule has 0 heterocycles. The number of halogens is 1. The first-order valence-corrected chi connectivity index (χ1v) is 8.33. The van der Waals surface area contributed by atoms with Crippen LogP contribution in [0.2, 0.25) is 0 Å². The van der Waals surface area contributed by atoms with E-state index in [2.05, 4.69) is 26.6 Å². The normalized spacial score (nSPS) is 14.3. The maximum atomic E-state index is 11.9. The predicted octanol–water partition coefficient (Wildman–Crippen LogP) is 1.78. The molecule has 0 atom stereocenters. The van der Waals surface area contributed by atoms with Gasteiger partial charge in [-0.1, -0.05) is 25.0 Å². The summed E-state index contributed by atoms with van der Waals surface area (Å²) in [4.78, 5) is 35.1. The Morgan fingerprint density at radius 1 is 1.17 bits per heavy atom. The van der Waals surface area contributed by atoms with E-state index < -0.39 is 5.97 Å². The molecule has 1 aliphatic carbocycles. The molecule has 1 aromatic carbocycles. The van der Waals surface area contributed by atoms with Gasteiger partial charge in [-0.15, -0.1) is 0 Å². The van der Waals surface area contributed by atoms with Crippen LogP contribution in [0.5, 0.6) is 0 Å². The second-order valence-corrected chi connectivity index (χ2v) is 6.23. The van der Waals surface area contributed by atoms with Gasteiger partial charge in [-0.2, -0.15) is 0 Å². The van der Waals surface area contributed by atoms with Gasteiger partial charge in [-0.05, 0) is 40.9 Å². The molecule has 0 aromatic heterocycles. The van der Waals surface area contributed by atoms with E-state index in [1.807, 2.05) is 0 Å². The number of rotatable bonds is 6. The molecule has 0 spiro atoms. The number of benzene rings is 1. The van der Waals surface area contributed by atoms with E-state index >= 15 is 0 Å². The highest BCUT2D eigenvalue weighted by Crippen LogP contribution is 2.17. The van der Waals surface area contributed by atoms with Crippen LogP contribution in [0.15, 0.2) is 28.7 Å². The molecule has 23 heavy (non-hydrogen) atoms. The Balaban J connectivity index is 1.67. The van der Waals surface area contributed by atoms with Crippen LogP contribution in [0.1, 0.15) is 36.0 Å². The summed E-state index contributed by atoms with van der Waals surface area (Å²) in [6, 6.07) is 7.08. The SMILES string of the molecule is O=C(COC(=O)CNC(=O)c1ccccc1Br)NC1CCCC1. The first-order chi connectivity index (χ1) is 11.1. The lowest BCUT2D eigenvalue weighted by atomic mass is 10.2. The molecular weight excluding hydrogens is 364 g/mol. The molecule has 1 aromatic rings. The molecule has 0 aliphatic heterocycles. The standard InChI is InChI=1S/C16H19BrN2O4/c17-13-8-4-3-7-12(13)16(22)18-9-15(21)23-10-14(20)19-11-5-1-2-6-11/h3-4,7-8,11H,1-2,5-6,9-10H2,(H,18,22)(H,19,20). The summed E-state index contributed by atoms with van der Waals surface area (Å²) >= 11 is 3.27. The van der Waals surface area contributed by atoms with Gasteiger partial charge in [-0.3, -0.25) is 14.4 Å². The van der Waals surface area contributed by atoms with Gasteiger partial charge in [0.25, 0.3) is 11.8 Å². The van der Waals surface area contributed by atoms with Crippen LogP contribution < -0.4 is 10.6 Å². The van der Waals surface area contributed by atoms with Gasteiger partial charge < -0.3 is 15.4 Å². The van der Waals surface area contributed by atoms with E-state index in [9.17, 15) is 14.4 Å². The summed E-state index contributed by atoms with van der Waals surface area (Å²) in [5, 5.41) is 5.28. The predicted molar refractivity (Wildman–Crippen MR) is 87.8 cm³/mol. The number of nitrogens with one attached hydrogen (secondary N) is 2. The summed E-state index contributed by atoms with van der Waals surface area (Å²) in [7, 11) is 0. The first-order valence-electron chi connectivity index (χ1n) is 7.54. The van der Waals surface area contributed by atoms with Gasteiger partial charge in [0.05, 0.1) is 5.56 Å². The molecule has 2 rings (SSSR count). The summed E-state index contributed by atoms with van der Waals surface area (Å²) in [6.07, 6.45) is 4.18. The molecule has 6 nitrogen and oxygen atoms in total. The Morgan fingerprint density at radius 3 is 2.57 bits per heavy atom.